The summed E-state index contributed by atoms with van der Waals surface area (Å²) in [5, 5.41) is 2.90. The molecule has 0 spiro atoms. The Hall–Kier alpha value is -2.34. The quantitative estimate of drug-likeness (QED) is 0.708. The second-order valence-electron chi connectivity index (χ2n) is 7.67. The zero-order valence-corrected chi connectivity index (χ0v) is 18.0. The van der Waals surface area contributed by atoms with Crippen molar-refractivity contribution in [1.29, 1.82) is 0 Å². The summed E-state index contributed by atoms with van der Waals surface area (Å²) in [6.07, 6.45) is 3.76. The maximum Gasteiger partial charge on any atom is 0.251 e. The molecule has 0 radical (unpaired) electrons. The van der Waals surface area contributed by atoms with Gasteiger partial charge in [0.1, 0.15) is 0 Å². The molecule has 29 heavy (non-hydrogen) atoms. The van der Waals surface area contributed by atoms with Crippen LogP contribution in [0.3, 0.4) is 0 Å². The first-order chi connectivity index (χ1) is 13.9. The highest BCUT2D eigenvalue weighted by molar-refractivity contribution is 7.91. The maximum absolute atomic E-state index is 12.4. The number of benzene rings is 2. The van der Waals surface area contributed by atoms with E-state index < -0.39 is 9.84 Å². The number of sulfone groups is 1. The maximum atomic E-state index is 12.4. The van der Waals surface area contributed by atoms with Crippen LogP contribution in [0.15, 0.2) is 53.4 Å². The number of rotatable bonds is 8. The molecule has 1 fully saturated rings. The second kappa shape index (κ2) is 9.44. The molecule has 1 atom stereocenters. The Kier molecular flexibility index (Phi) is 6.96. The lowest BCUT2D eigenvalue weighted by Gasteiger charge is -2.19. The number of hydrogen-bond acceptors (Lipinski definition) is 4. The summed E-state index contributed by atoms with van der Waals surface area (Å²) in [5.41, 5.74) is 2.67. The molecule has 2 aromatic carbocycles. The average Bonchev–Trinajstić information content (AvgIpc) is 3.21. The molecular weight excluding hydrogens is 384 g/mol. The van der Waals surface area contributed by atoms with Gasteiger partial charge < -0.3 is 10.2 Å². The molecule has 1 aliphatic heterocycles. The van der Waals surface area contributed by atoms with E-state index in [2.05, 4.69) is 17.1 Å². The number of carbonyl (C=O) groups excluding carboxylic acids is 1. The summed E-state index contributed by atoms with van der Waals surface area (Å²) >= 11 is 0. The van der Waals surface area contributed by atoms with E-state index in [-0.39, 0.29) is 11.7 Å². The number of hydrogen-bond donors (Lipinski definition) is 1. The Morgan fingerprint density at radius 2 is 1.76 bits per heavy atom. The van der Waals surface area contributed by atoms with Gasteiger partial charge in [0.2, 0.25) is 0 Å². The Labute approximate surface area is 174 Å². The first kappa shape index (κ1) is 21.4. The van der Waals surface area contributed by atoms with Gasteiger partial charge in [-0.1, -0.05) is 32.4 Å². The van der Waals surface area contributed by atoms with Gasteiger partial charge in [-0.05, 0) is 60.7 Å². The normalized spacial score (nSPS) is 16.8. The first-order valence-electron chi connectivity index (χ1n) is 10.4. The summed E-state index contributed by atoms with van der Waals surface area (Å²) in [6, 6.07) is 14.5. The van der Waals surface area contributed by atoms with Crippen molar-refractivity contribution in [3.63, 3.8) is 0 Å². The summed E-state index contributed by atoms with van der Waals surface area (Å²) in [6.45, 7) is 6.40. The average molecular weight is 415 g/mol. The minimum absolute atomic E-state index is 0.0791. The highest BCUT2D eigenvalue weighted by Gasteiger charge is 2.22. The molecule has 1 aliphatic rings. The van der Waals surface area contributed by atoms with E-state index in [4.69, 9.17) is 0 Å². The predicted molar refractivity (Wildman–Crippen MR) is 117 cm³/mol. The van der Waals surface area contributed by atoms with Crippen molar-refractivity contribution in [1.82, 2.24) is 5.32 Å². The fraction of sp³-hybridized carbons (Fsp3) is 0.435. The zero-order valence-electron chi connectivity index (χ0n) is 17.2. The highest BCUT2D eigenvalue weighted by atomic mass is 32.2. The van der Waals surface area contributed by atoms with Gasteiger partial charge in [0.05, 0.1) is 10.6 Å². The summed E-state index contributed by atoms with van der Waals surface area (Å²) in [7, 11) is -3.20. The summed E-state index contributed by atoms with van der Waals surface area (Å²) in [4.78, 5) is 15.2. The van der Waals surface area contributed by atoms with Crippen LogP contribution >= 0.6 is 0 Å². The fourth-order valence-corrected chi connectivity index (χ4v) is 4.68. The lowest BCUT2D eigenvalue weighted by Crippen LogP contribution is -2.23. The zero-order chi connectivity index (χ0) is 20.9. The number of nitrogens with one attached hydrogen (secondary N) is 1. The van der Waals surface area contributed by atoms with E-state index >= 15 is 0 Å². The number of amides is 1. The van der Waals surface area contributed by atoms with Gasteiger partial charge in [0.25, 0.3) is 5.91 Å². The van der Waals surface area contributed by atoms with Crippen LogP contribution in [0.25, 0.3) is 0 Å². The van der Waals surface area contributed by atoms with Gasteiger partial charge in [0.15, 0.2) is 9.84 Å². The van der Waals surface area contributed by atoms with Crippen LogP contribution in [-0.2, 0) is 16.4 Å². The van der Waals surface area contributed by atoms with Gasteiger partial charge in [-0.2, -0.15) is 0 Å². The van der Waals surface area contributed by atoms with Crippen molar-refractivity contribution in [3.8, 4) is 0 Å². The van der Waals surface area contributed by atoms with Gasteiger partial charge in [-0.3, -0.25) is 4.79 Å². The third-order valence-electron chi connectivity index (χ3n) is 5.59. The molecule has 1 N–H and O–H groups in total. The monoisotopic (exact) mass is 414 g/mol. The highest BCUT2D eigenvalue weighted by Crippen LogP contribution is 2.26. The molecule has 6 heteroatoms. The molecule has 1 heterocycles. The second-order valence-corrected chi connectivity index (χ2v) is 9.94. The third-order valence-corrected chi connectivity index (χ3v) is 7.34. The lowest BCUT2D eigenvalue weighted by molar-refractivity contribution is 0.0951. The molecule has 1 saturated heterocycles. The number of anilines is 1. The molecule has 156 valence electrons. The minimum Gasteiger partial charge on any atom is -0.371 e. The van der Waals surface area contributed by atoms with Crippen molar-refractivity contribution >= 4 is 21.4 Å². The van der Waals surface area contributed by atoms with Gasteiger partial charge in [-0.15, -0.1) is 0 Å². The Bertz CT molecular complexity index is 922. The van der Waals surface area contributed by atoms with Crippen molar-refractivity contribution in [2.24, 2.45) is 5.92 Å². The first-order valence-corrected chi connectivity index (χ1v) is 12.0. The van der Waals surface area contributed by atoms with Crippen LogP contribution in [0.1, 0.15) is 49.0 Å². The Morgan fingerprint density at radius 1 is 1.07 bits per heavy atom. The third kappa shape index (κ3) is 5.38. The van der Waals surface area contributed by atoms with Crippen molar-refractivity contribution in [3.05, 3.63) is 59.7 Å². The summed E-state index contributed by atoms with van der Waals surface area (Å²) < 4.78 is 23.7. The molecule has 0 aliphatic carbocycles. The molecule has 0 saturated carbocycles. The Balaban J connectivity index is 1.55. The lowest BCUT2D eigenvalue weighted by atomic mass is 10.0. The molecular formula is C23H30N2O3S. The standard InChI is InChI=1S/C23H30N2O3S/c1-3-5-19-14-15-25(17-19)21-10-8-20(9-11-21)23(26)24-16-18-6-12-22(13-7-18)29(27,28)4-2/h6-13,19H,3-5,14-17H2,1-2H3,(H,24,26)/t19-/m1/s1. The van der Waals surface area contributed by atoms with Crippen LogP contribution in [0.2, 0.25) is 0 Å². The largest absolute Gasteiger partial charge is 0.371 e. The van der Waals surface area contributed by atoms with Gasteiger partial charge in [-0.25, -0.2) is 8.42 Å². The smallest absolute Gasteiger partial charge is 0.251 e. The van der Waals surface area contributed by atoms with Crippen LogP contribution in [0, 0.1) is 5.92 Å². The molecule has 2 aromatic rings. The van der Waals surface area contributed by atoms with E-state index in [0.29, 0.717) is 17.0 Å². The van der Waals surface area contributed by atoms with E-state index in [9.17, 15) is 13.2 Å². The van der Waals surface area contributed by atoms with Gasteiger partial charge >= 0.3 is 0 Å². The predicted octanol–water partition coefficient (Wildman–Crippen LogP) is 4.04. The number of nitrogens with zero attached hydrogens (tertiary/aromatic N) is 1. The molecule has 1 amide bonds. The molecule has 3 rings (SSSR count). The van der Waals surface area contributed by atoms with E-state index in [1.54, 1.807) is 31.2 Å². The van der Waals surface area contributed by atoms with E-state index in [0.717, 1.165) is 24.6 Å². The molecule has 0 bridgehead atoms. The van der Waals surface area contributed by atoms with Crippen molar-refractivity contribution < 1.29 is 13.2 Å². The van der Waals surface area contributed by atoms with Crippen LogP contribution < -0.4 is 10.2 Å². The SMILES string of the molecule is CCC[C@@H]1CCN(c2ccc(C(=O)NCc3ccc(S(=O)(=O)CC)cc3)cc2)C1. The van der Waals surface area contributed by atoms with Crippen molar-refractivity contribution in [2.75, 3.05) is 23.7 Å². The van der Waals surface area contributed by atoms with E-state index in [1.807, 2.05) is 24.3 Å². The Morgan fingerprint density at radius 3 is 2.38 bits per heavy atom. The topological polar surface area (TPSA) is 66.5 Å². The molecule has 5 nitrogen and oxygen atoms in total. The van der Waals surface area contributed by atoms with Crippen LogP contribution in [0.4, 0.5) is 5.69 Å². The fourth-order valence-electron chi connectivity index (χ4n) is 3.80. The minimum atomic E-state index is -3.20. The van der Waals surface area contributed by atoms with Crippen LogP contribution in [-0.4, -0.2) is 33.2 Å². The van der Waals surface area contributed by atoms with E-state index in [1.165, 1.54) is 24.9 Å². The van der Waals surface area contributed by atoms with Gasteiger partial charge in [0, 0.05) is 30.9 Å². The van der Waals surface area contributed by atoms with Crippen LogP contribution in [0.5, 0.6) is 0 Å². The van der Waals surface area contributed by atoms with Crippen molar-refractivity contribution in [2.45, 2.75) is 44.6 Å². The summed E-state index contributed by atoms with van der Waals surface area (Å²) in [5.74, 6) is 0.726. The molecule has 0 aromatic heterocycles. The number of carbonyl (C=O) groups is 1. The molecule has 0 unspecified atom stereocenters.